The first-order chi connectivity index (χ1) is 7.99. The molecule has 0 fully saturated rings. The molecule has 1 nitrogen and oxygen atoms in total. The van der Waals surface area contributed by atoms with Gasteiger partial charge < -0.3 is 5.73 Å². The van der Waals surface area contributed by atoms with E-state index in [9.17, 15) is 26.3 Å². The molecule has 0 bridgehead atoms. The van der Waals surface area contributed by atoms with Crippen LogP contribution < -0.4 is 5.73 Å². The van der Waals surface area contributed by atoms with E-state index in [4.69, 9.17) is 5.73 Å². The lowest BCUT2D eigenvalue weighted by Gasteiger charge is -2.16. The van der Waals surface area contributed by atoms with E-state index >= 15 is 0 Å². The van der Waals surface area contributed by atoms with Gasteiger partial charge in [0.2, 0.25) is 0 Å². The Morgan fingerprint density at radius 2 is 1.61 bits per heavy atom. The summed E-state index contributed by atoms with van der Waals surface area (Å²) in [5, 5.41) is 0. The standard InChI is InChI=1S/C10H8BrF6N/c11-7-2-5(8(18)4-9(12,13)14)1-6(3-7)10(15,16)17/h1-3,8H,4,18H2/t8-/m1/s1. The number of benzene rings is 1. The van der Waals surface area contributed by atoms with E-state index in [1.807, 2.05) is 0 Å². The van der Waals surface area contributed by atoms with Gasteiger partial charge in [0.1, 0.15) is 0 Å². The summed E-state index contributed by atoms with van der Waals surface area (Å²) in [6.45, 7) is 0. The molecule has 1 aromatic rings. The molecule has 0 aliphatic rings. The number of hydrogen-bond donors (Lipinski definition) is 1. The molecule has 0 radical (unpaired) electrons. The van der Waals surface area contributed by atoms with Crippen molar-refractivity contribution in [3.05, 3.63) is 33.8 Å². The average Bonchev–Trinajstić information content (AvgIpc) is 2.12. The molecule has 0 saturated carbocycles. The molecule has 1 rings (SSSR count). The van der Waals surface area contributed by atoms with Gasteiger partial charge >= 0.3 is 12.4 Å². The van der Waals surface area contributed by atoms with Gasteiger partial charge in [0.25, 0.3) is 0 Å². The molecule has 0 amide bonds. The molecule has 0 aliphatic heterocycles. The van der Waals surface area contributed by atoms with Crippen LogP contribution in [-0.2, 0) is 6.18 Å². The van der Waals surface area contributed by atoms with Crippen LogP contribution in [0.15, 0.2) is 22.7 Å². The van der Waals surface area contributed by atoms with Crippen LogP contribution in [0.1, 0.15) is 23.6 Å². The van der Waals surface area contributed by atoms with Crippen molar-refractivity contribution in [2.75, 3.05) is 0 Å². The Balaban J connectivity index is 3.07. The predicted octanol–water partition coefficient (Wildman–Crippen LogP) is 4.42. The Bertz CT molecular complexity index is 425. The first-order valence-corrected chi connectivity index (χ1v) is 5.48. The van der Waals surface area contributed by atoms with Crippen molar-refractivity contribution in [2.24, 2.45) is 5.73 Å². The minimum absolute atomic E-state index is 0.0324. The fourth-order valence-electron chi connectivity index (χ4n) is 1.36. The van der Waals surface area contributed by atoms with Crippen molar-refractivity contribution in [3.8, 4) is 0 Å². The maximum Gasteiger partial charge on any atom is 0.416 e. The summed E-state index contributed by atoms with van der Waals surface area (Å²) in [6.07, 6.45) is -10.5. The molecular formula is C10H8BrF6N. The predicted molar refractivity (Wildman–Crippen MR) is 56.7 cm³/mol. The third-order valence-corrected chi connectivity index (χ3v) is 2.58. The monoisotopic (exact) mass is 335 g/mol. The fourth-order valence-corrected chi connectivity index (χ4v) is 1.87. The van der Waals surface area contributed by atoms with Crippen molar-refractivity contribution in [2.45, 2.75) is 24.8 Å². The molecule has 0 saturated heterocycles. The Morgan fingerprint density at radius 3 is 2.06 bits per heavy atom. The lowest BCUT2D eigenvalue weighted by atomic mass is 10.0. The maximum atomic E-state index is 12.5. The Morgan fingerprint density at radius 1 is 1.06 bits per heavy atom. The average molecular weight is 336 g/mol. The van der Waals surface area contributed by atoms with Crippen LogP contribution in [0.5, 0.6) is 0 Å². The summed E-state index contributed by atoms with van der Waals surface area (Å²) in [7, 11) is 0. The summed E-state index contributed by atoms with van der Waals surface area (Å²) in [5.74, 6) is 0. The zero-order valence-electron chi connectivity index (χ0n) is 8.74. The summed E-state index contributed by atoms with van der Waals surface area (Å²) in [6, 6.07) is 1.03. The summed E-state index contributed by atoms with van der Waals surface area (Å²) in [4.78, 5) is 0. The molecule has 1 aromatic carbocycles. The van der Waals surface area contributed by atoms with Crippen LogP contribution in [0.25, 0.3) is 0 Å². The van der Waals surface area contributed by atoms with Crippen LogP contribution in [0, 0.1) is 0 Å². The second kappa shape index (κ2) is 5.08. The highest BCUT2D eigenvalue weighted by Gasteiger charge is 2.34. The lowest BCUT2D eigenvalue weighted by Crippen LogP contribution is -2.20. The van der Waals surface area contributed by atoms with Gasteiger partial charge in [-0.25, -0.2) is 0 Å². The van der Waals surface area contributed by atoms with Crippen LogP contribution in [0.2, 0.25) is 0 Å². The normalized spacial score (nSPS) is 14.7. The van der Waals surface area contributed by atoms with Crippen LogP contribution in [-0.4, -0.2) is 6.18 Å². The molecule has 1 atom stereocenters. The Labute approximate surface area is 107 Å². The van der Waals surface area contributed by atoms with E-state index < -0.39 is 30.4 Å². The van der Waals surface area contributed by atoms with E-state index in [0.717, 1.165) is 12.1 Å². The molecule has 0 spiro atoms. The van der Waals surface area contributed by atoms with Crippen molar-refractivity contribution < 1.29 is 26.3 Å². The quantitative estimate of drug-likeness (QED) is 0.795. The smallest absolute Gasteiger partial charge is 0.324 e. The molecule has 0 aromatic heterocycles. The number of hydrogen-bond acceptors (Lipinski definition) is 1. The molecule has 0 heterocycles. The summed E-state index contributed by atoms with van der Waals surface area (Å²) in [5.41, 5.74) is 4.00. The number of alkyl halides is 6. The SMILES string of the molecule is N[C@H](CC(F)(F)F)c1cc(Br)cc(C(F)(F)F)c1. The van der Waals surface area contributed by atoms with Gasteiger partial charge in [0.05, 0.1) is 12.0 Å². The van der Waals surface area contributed by atoms with Crippen molar-refractivity contribution >= 4 is 15.9 Å². The zero-order valence-corrected chi connectivity index (χ0v) is 10.3. The Hall–Kier alpha value is -0.760. The largest absolute Gasteiger partial charge is 0.416 e. The molecule has 8 heteroatoms. The minimum Gasteiger partial charge on any atom is -0.324 e. The van der Waals surface area contributed by atoms with Gasteiger partial charge in [-0.3, -0.25) is 0 Å². The van der Waals surface area contributed by atoms with Gasteiger partial charge in [-0.1, -0.05) is 15.9 Å². The van der Waals surface area contributed by atoms with Crippen molar-refractivity contribution in [1.82, 2.24) is 0 Å². The highest BCUT2D eigenvalue weighted by molar-refractivity contribution is 9.10. The lowest BCUT2D eigenvalue weighted by molar-refractivity contribution is -0.138. The number of rotatable bonds is 2. The molecule has 102 valence electrons. The van der Waals surface area contributed by atoms with Gasteiger partial charge in [0.15, 0.2) is 0 Å². The third-order valence-electron chi connectivity index (χ3n) is 2.13. The number of halogens is 7. The summed E-state index contributed by atoms with van der Waals surface area (Å²) >= 11 is 2.82. The summed E-state index contributed by atoms with van der Waals surface area (Å²) < 4.78 is 73.8. The minimum atomic E-state index is -4.63. The topological polar surface area (TPSA) is 26.0 Å². The van der Waals surface area contributed by atoms with E-state index in [1.165, 1.54) is 0 Å². The molecule has 0 aliphatic carbocycles. The maximum absolute atomic E-state index is 12.5. The molecule has 0 unspecified atom stereocenters. The highest BCUT2D eigenvalue weighted by atomic mass is 79.9. The van der Waals surface area contributed by atoms with E-state index in [1.54, 1.807) is 0 Å². The van der Waals surface area contributed by atoms with Gasteiger partial charge in [0, 0.05) is 10.5 Å². The fraction of sp³-hybridized carbons (Fsp3) is 0.400. The van der Waals surface area contributed by atoms with E-state index in [0.29, 0.717) is 6.07 Å². The first kappa shape index (κ1) is 15.3. The van der Waals surface area contributed by atoms with Crippen LogP contribution in [0.3, 0.4) is 0 Å². The van der Waals surface area contributed by atoms with E-state index in [-0.39, 0.29) is 10.0 Å². The number of nitrogens with two attached hydrogens (primary N) is 1. The molecular weight excluding hydrogens is 328 g/mol. The zero-order chi connectivity index (χ0) is 14.1. The van der Waals surface area contributed by atoms with Crippen LogP contribution in [0.4, 0.5) is 26.3 Å². The third kappa shape index (κ3) is 4.49. The van der Waals surface area contributed by atoms with Crippen molar-refractivity contribution in [3.63, 3.8) is 0 Å². The van der Waals surface area contributed by atoms with Crippen LogP contribution >= 0.6 is 15.9 Å². The van der Waals surface area contributed by atoms with Gasteiger partial charge in [-0.05, 0) is 23.8 Å². The molecule has 2 N–H and O–H groups in total. The van der Waals surface area contributed by atoms with Crippen molar-refractivity contribution in [1.29, 1.82) is 0 Å². The highest BCUT2D eigenvalue weighted by Crippen LogP contribution is 2.35. The second-order valence-corrected chi connectivity index (χ2v) is 4.61. The second-order valence-electron chi connectivity index (χ2n) is 3.70. The van der Waals surface area contributed by atoms with Gasteiger partial charge in [-0.2, -0.15) is 26.3 Å². The van der Waals surface area contributed by atoms with Gasteiger partial charge in [-0.15, -0.1) is 0 Å². The molecule has 18 heavy (non-hydrogen) atoms. The Kier molecular flexibility index (Phi) is 4.32. The van der Waals surface area contributed by atoms with E-state index in [2.05, 4.69) is 15.9 Å². The first-order valence-electron chi connectivity index (χ1n) is 4.69.